The first kappa shape index (κ1) is 12.4. The Kier molecular flexibility index (Phi) is 3.38. The number of aromatic nitrogens is 2. The van der Waals surface area contributed by atoms with Crippen LogP contribution in [0.2, 0.25) is 0 Å². The number of nitrogens with one attached hydrogen (secondary N) is 1. The van der Waals surface area contributed by atoms with Gasteiger partial charge in [0.05, 0.1) is 6.04 Å². The van der Waals surface area contributed by atoms with Crippen LogP contribution in [-0.2, 0) is 12.8 Å². The lowest BCUT2D eigenvalue weighted by molar-refractivity contribution is 0.471. The van der Waals surface area contributed by atoms with E-state index in [1.165, 1.54) is 11.1 Å². The van der Waals surface area contributed by atoms with Crippen molar-refractivity contribution >= 4 is 16.5 Å². The minimum atomic E-state index is 0.230. The van der Waals surface area contributed by atoms with Crippen molar-refractivity contribution in [1.82, 2.24) is 10.2 Å². The zero-order chi connectivity index (χ0) is 13.2. The molecule has 1 unspecified atom stereocenters. The van der Waals surface area contributed by atoms with Gasteiger partial charge in [0, 0.05) is 0 Å². The molecule has 1 aliphatic carbocycles. The summed E-state index contributed by atoms with van der Waals surface area (Å²) in [7, 11) is 0. The highest BCUT2D eigenvalue weighted by Gasteiger charge is 2.21. The number of nitrogens with zero attached hydrogens (tertiary/aromatic N) is 2. The summed E-state index contributed by atoms with van der Waals surface area (Å²) in [6.07, 6.45) is 4.23. The highest BCUT2D eigenvalue weighted by Crippen LogP contribution is 2.35. The van der Waals surface area contributed by atoms with E-state index in [-0.39, 0.29) is 6.04 Å². The van der Waals surface area contributed by atoms with E-state index in [0.717, 1.165) is 35.8 Å². The quantitative estimate of drug-likeness (QED) is 0.902. The summed E-state index contributed by atoms with van der Waals surface area (Å²) in [5, 5.41) is 23.3. The van der Waals surface area contributed by atoms with Gasteiger partial charge in [0.15, 0.2) is 0 Å². The molecule has 2 aromatic rings. The Bertz CT molecular complexity index is 582. The molecule has 100 valence electrons. The molecule has 1 aliphatic rings. The molecule has 0 saturated carbocycles. The lowest BCUT2D eigenvalue weighted by atomic mass is 9.87. The number of anilines is 1. The molecule has 1 aromatic heterocycles. The molecule has 2 N–H and O–H groups in total. The van der Waals surface area contributed by atoms with Crippen molar-refractivity contribution in [2.45, 2.75) is 38.6 Å². The van der Waals surface area contributed by atoms with Crippen LogP contribution in [0.1, 0.15) is 41.9 Å². The second-order valence-electron chi connectivity index (χ2n) is 4.83. The molecule has 0 aliphatic heterocycles. The molecule has 0 saturated heterocycles. The van der Waals surface area contributed by atoms with Gasteiger partial charge >= 0.3 is 0 Å². The molecule has 19 heavy (non-hydrogen) atoms. The van der Waals surface area contributed by atoms with Gasteiger partial charge in [0.1, 0.15) is 10.8 Å². The summed E-state index contributed by atoms with van der Waals surface area (Å²) in [6, 6.07) is 5.89. The second-order valence-corrected chi connectivity index (χ2v) is 5.89. The fraction of sp³-hybridized carbons (Fsp3) is 0.429. The summed E-state index contributed by atoms with van der Waals surface area (Å²) < 4.78 is 0. The fourth-order valence-corrected chi connectivity index (χ4v) is 3.27. The van der Waals surface area contributed by atoms with Crippen LogP contribution in [0.3, 0.4) is 0 Å². The topological polar surface area (TPSA) is 58.0 Å². The predicted octanol–water partition coefficient (Wildman–Crippen LogP) is 3.30. The van der Waals surface area contributed by atoms with E-state index in [0.29, 0.717) is 5.75 Å². The summed E-state index contributed by atoms with van der Waals surface area (Å²) >= 11 is 1.61. The van der Waals surface area contributed by atoms with E-state index in [4.69, 9.17) is 0 Å². The second kappa shape index (κ2) is 5.17. The minimum absolute atomic E-state index is 0.230. The molecule has 0 bridgehead atoms. The van der Waals surface area contributed by atoms with Crippen molar-refractivity contribution in [3.8, 4) is 5.75 Å². The maximum Gasteiger partial charge on any atom is 0.206 e. The molecule has 0 amide bonds. The molecule has 0 fully saturated rings. The third-order valence-electron chi connectivity index (χ3n) is 3.51. The molecular weight excluding hydrogens is 258 g/mol. The number of aryl methyl sites for hydroxylation is 2. The van der Waals surface area contributed by atoms with Crippen LogP contribution < -0.4 is 5.32 Å². The number of phenols is 1. The third-order valence-corrected chi connectivity index (χ3v) is 4.51. The highest BCUT2D eigenvalue weighted by atomic mass is 32.1. The normalized spacial score (nSPS) is 18.1. The van der Waals surface area contributed by atoms with Gasteiger partial charge in [-0.05, 0) is 48.9 Å². The van der Waals surface area contributed by atoms with Gasteiger partial charge in [0.2, 0.25) is 5.13 Å². The first-order valence-electron chi connectivity index (χ1n) is 6.67. The van der Waals surface area contributed by atoms with Crippen molar-refractivity contribution < 1.29 is 5.11 Å². The van der Waals surface area contributed by atoms with E-state index in [9.17, 15) is 5.11 Å². The van der Waals surface area contributed by atoms with E-state index in [1.54, 1.807) is 17.4 Å². The van der Waals surface area contributed by atoms with Gasteiger partial charge in [0.25, 0.3) is 0 Å². The molecule has 1 heterocycles. The van der Waals surface area contributed by atoms with E-state index in [2.05, 4.69) is 22.4 Å². The molecular formula is C14H17N3OS. The molecule has 4 nitrogen and oxygen atoms in total. The lowest BCUT2D eigenvalue weighted by Gasteiger charge is -2.26. The van der Waals surface area contributed by atoms with Crippen LogP contribution in [0.15, 0.2) is 18.2 Å². The third kappa shape index (κ3) is 2.56. The Morgan fingerprint density at radius 2 is 2.32 bits per heavy atom. The average molecular weight is 275 g/mol. The largest absolute Gasteiger partial charge is 0.508 e. The number of rotatable bonds is 3. The van der Waals surface area contributed by atoms with E-state index < -0.39 is 0 Å². The van der Waals surface area contributed by atoms with Gasteiger partial charge in [-0.1, -0.05) is 24.3 Å². The number of benzene rings is 1. The number of phenolic OH excluding ortho intramolecular Hbond substituents is 1. The Hall–Kier alpha value is -1.62. The van der Waals surface area contributed by atoms with Crippen LogP contribution in [-0.4, -0.2) is 15.3 Å². The van der Waals surface area contributed by atoms with Crippen LogP contribution in [0.5, 0.6) is 5.75 Å². The summed E-state index contributed by atoms with van der Waals surface area (Å²) in [5.74, 6) is 0.332. The Labute approximate surface area is 116 Å². The van der Waals surface area contributed by atoms with Crippen molar-refractivity contribution in [3.05, 3.63) is 34.3 Å². The Balaban J connectivity index is 1.84. The van der Waals surface area contributed by atoms with Gasteiger partial charge < -0.3 is 10.4 Å². The van der Waals surface area contributed by atoms with Gasteiger partial charge in [-0.25, -0.2) is 0 Å². The molecule has 0 spiro atoms. The van der Waals surface area contributed by atoms with Crippen LogP contribution in [0.4, 0.5) is 5.13 Å². The fourth-order valence-electron chi connectivity index (χ4n) is 2.54. The van der Waals surface area contributed by atoms with E-state index in [1.807, 2.05) is 12.1 Å². The Morgan fingerprint density at radius 3 is 3.11 bits per heavy atom. The molecule has 3 rings (SSSR count). The number of hydrogen-bond donors (Lipinski definition) is 2. The first-order valence-corrected chi connectivity index (χ1v) is 7.48. The van der Waals surface area contributed by atoms with Crippen LogP contribution in [0, 0.1) is 0 Å². The van der Waals surface area contributed by atoms with Crippen molar-refractivity contribution in [3.63, 3.8) is 0 Å². The SMILES string of the molecule is CCc1nnc(NC2CCCc3ccc(O)cc32)s1. The number of fused-ring (bicyclic) bond motifs is 1. The van der Waals surface area contributed by atoms with Crippen molar-refractivity contribution in [1.29, 1.82) is 0 Å². The van der Waals surface area contributed by atoms with E-state index >= 15 is 0 Å². The Morgan fingerprint density at radius 1 is 1.42 bits per heavy atom. The monoisotopic (exact) mass is 275 g/mol. The standard InChI is InChI=1S/C14H17N3OS/c1-2-13-16-17-14(19-13)15-12-5-3-4-9-6-7-10(18)8-11(9)12/h6-8,12,18H,2-5H2,1H3,(H,15,17). The van der Waals surface area contributed by atoms with Gasteiger partial charge in [-0.2, -0.15) is 0 Å². The smallest absolute Gasteiger partial charge is 0.206 e. The summed E-state index contributed by atoms with van der Waals surface area (Å²) in [5.41, 5.74) is 2.52. The first-order chi connectivity index (χ1) is 9.26. The molecule has 5 heteroatoms. The lowest BCUT2D eigenvalue weighted by Crippen LogP contribution is -2.17. The number of hydrogen-bond acceptors (Lipinski definition) is 5. The van der Waals surface area contributed by atoms with Crippen LogP contribution >= 0.6 is 11.3 Å². The highest BCUT2D eigenvalue weighted by molar-refractivity contribution is 7.15. The predicted molar refractivity (Wildman–Crippen MR) is 76.7 cm³/mol. The molecule has 1 aromatic carbocycles. The molecule has 0 radical (unpaired) electrons. The van der Waals surface area contributed by atoms with Crippen molar-refractivity contribution in [2.75, 3.05) is 5.32 Å². The zero-order valence-corrected chi connectivity index (χ0v) is 11.7. The summed E-state index contributed by atoms with van der Waals surface area (Å²) in [4.78, 5) is 0. The van der Waals surface area contributed by atoms with Crippen LogP contribution in [0.25, 0.3) is 0 Å². The van der Waals surface area contributed by atoms with Gasteiger partial charge in [-0.15, -0.1) is 10.2 Å². The maximum atomic E-state index is 9.66. The minimum Gasteiger partial charge on any atom is -0.508 e. The molecule has 1 atom stereocenters. The summed E-state index contributed by atoms with van der Waals surface area (Å²) in [6.45, 7) is 2.08. The average Bonchev–Trinajstić information content (AvgIpc) is 2.87. The van der Waals surface area contributed by atoms with Gasteiger partial charge in [-0.3, -0.25) is 0 Å². The maximum absolute atomic E-state index is 9.66. The number of aromatic hydroxyl groups is 1. The van der Waals surface area contributed by atoms with Crippen molar-refractivity contribution in [2.24, 2.45) is 0 Å². The zero-order valence-electron chi connectivity index (χ0n) is 10.9.